The Kier molecular flexibility index (Phi) is 6.32. The molecule has 0 aliphatic heterocycles. The fourth-order valence-corrected chi connectivity index (χ4v) is 1.92. The maximum atomic E-state index is 13.1. The molecule has 0 atom stereocenters. The fourth-order valence-electron chi connectivity index (χ4n) is 1.92. The third kappa shape index (κ3) is 4.40. The van der Waals surface area contributed by atoms with E-state index in [0.29, 0.717) is 6.54 Å². The molecule has 0 radical (unpaired) electrons. The van der Waals surface area contributed by atoms with Gasteiger partial charge in [-0.1, -0.05) is 26.3 Å². The molecule has 0 saturated heterocycles. The lowest BCUT2D eigenvalue weighted by Gasteiger charge is -2.21. The highest BCUT2D eigenvalue weighted by Gasteiger charge is 2.18. The molecule has 0 aromatic heterocycles. The molecule has 0 fully saturated rings. The van der Waals surface area contributed by atoms with Gasteiger partial charge in [-0.25, -0.2) is 4.39 Å². The third-order valence-electron chi connectivity index (χ3n) is 3.06. The van der Waals surface area contributed by atoms with Crippen LogP contribution in [0, 0.1) is 5.82 Å². The van der Waals surface area contributed by atoms with E-state index in [4.69, 9.17) is 0 Å². The highest BCUT2D eigenvalue weighted by atomic mass is 19.1. The largest absolute Gasteiger partial charge is 0.488 e. The smallest absolute Gasteiger partial charge is 0.423 e. The molecule has 1 aromatic rings. The first-order chi connectivity index (χ1) is 8.58. The van der Waals surface area contributed by atoms with E-state index in [1.165, 1.54) is 12.1 Å². The molecule has 0 aliphatic rings. The van der Waals surface area contributed by atoms with Gasteiger partial charge in [-0.15, -0.1) is 0 Å². The van der Waals surface area contributed by atoms with Gasteiger partial charge in [0.05, 0.1) is 0 Å². The number of nitrogens with zero attached hydrogens (tertiary/aromatic N) is 1. The maximum absolute atomic E-state index is 13.1. The summed E-state index contributed by atoms with van der Waals surface area (Å²) in [6.45, 7) is 6.66. The normalized spacial score (nSPS) is 11.0. The highest BCUT2D eigenvalue weighted by molar-refractivity contribution is 6.59. The van der Waals surface area contributed by atoms with Gasteiger partial charge in [-0.2, -0.15) is 0 Å². The van der Waals surface area contributed by atoms with Crippen LogP contribution in [-0.2, 0) is 6.54 Å². The van der Waals surface area contributed by atoms with Crippen molar-refractivity contribution >= 4 is 12.6 Å². The lowest BCUT2D eigenvalue weighted by Crippen LogP contribution is -2.36. The molecule has 0 saturated carbocycles. The molecule has 0 amide bonds. The van der Waals surface area contributed by atoms with Crippen LogP contribution in [0.1, 0.15) is 32.3 Å². The zero-order chi connectivity index (χ0) is 13.5. The van der Waals surface area contributed by atoms with Crippen molar-refractivity contribution in [2.45, 2.75) is 33.2 Å². The first-order valence-electron chi connectivity index (χ1n) is 6.45. The summed E-state index contributed by atoms with van der Waals surface area (Å²) >= 11 is 0. The van der Waals surface area contributed by atoms with E-state index in [9.17, 15) is 14.4 Å². The number of rotatable bonds is 7. The van der Waals surface area contributed by atoms with Gasteiger partial charge >= 0.3 is 7.12 Å². The summed E-state index contributed by atoms with van der Waals surface area (Å²) in [7, 11) is -1.62. The molecule has 1 rings (SSSR count). The summed E-state index contributed by atoms with van der Waals surface area (Å²) in [6, 6.07) is 4.17. The first kappa shape index (κ1) is 15.2. The average molecular weight is 253 g/mol. The summed E-state index contributed by atoms with van der Waals surface area (Å²) < 4.78 is 13.1. The van der Waals surface area contributed by atoms with Crippen molar-refractivity contribution in [3.05, 3.63) is 29.6 Å². The van der Waals surface area contributed by atoms with Crippen LogP contribution in [0.4, 0.5) is 4.39 Å². The van der Waals surface area contributed by atoms with Gasteiger partial charge in [0, 0.05) is 6.54 Å². The van der Waals surface area contributed by atoms with Crippen molar-refractivity contribution in [1.82, 2.24) is 4.90 Å². The molecule has 100 valence electrons. The molecular formula is C13H21BFNO2. The molecule has 0 spiro atoms. The Morgan fingerprint density at radius 3 is 2.56 bits per heavy atom. The van der Waals surface area contributed by atoms with Crippen LogP contribution in [0.2, 0.25) is 0 Å². The molecule has 0 unspecified atom stereocenters. The first-order valence-corrected chi connectivity index (χ1v) is 6.45. The summed E-state index contributed by atoms with van der Waals surface area (Å²) in [5.41, 5.74) is 1.02. The van der Waals surface area contributed by atoms with Crippen LogP contribution < -0.4 is 5.46 Å². The van der Waals surface area contributed by atoms with E-state index in [1.807, 2.05) is 0 Å². The molecule has 0 bridgehead atoms. The van der Waals surface area contributed by atoms with Crippen molar-refractivity contribution in [2.75, 3.05) is 13.1 Å². The minimum Gasteiger partial charge on any atom is -0.423 e. The summed E-state index contributed by atoms with van der Waals surface area (Å²) in [5.74, 6) is -0.446. The molecule has 0 aliphatic carbocycles. The summed E-state index contributed by atoms with van der Waals surface area (Å²) in [6.07, 6.45) is 2.22. The predicted octanol–water partition coefficient (Wildman–Crippen LogP) is 1.13. The van der Waals surface area contributed by atoms with Crippen molar-refractivity contribution < 1.29 is 14.4 Å². The number of benzene rings is 1. The van der Waals surface area contributed by atoms with Gasteiger partial charge in [0.25, 0.3) is 0 Å². The standard InChI is InChI=1S/C13H21BFNO2/c1-3-5-8-16(4-2)10-11-6-7-12(15)9-13(11)14(17)18/h6-7,9,17-18H,3-5,8,10H2,1-2H3. The molecule has 0 heterocycles. The van der Waals surface area contributed by atoms with Crippen LogP contribution in [0.3, 0.4) is 0 Å². The molecule has 2 N–H and O–H groups in total. The van der Waals surface area contributed by atoms with E-state index < -0.39 is 12.9 Å². The van der Waals surface area contributed by atoms with Gasteiger partial charge in [-0.05, 0) is 42.7 Å². The molecule has 3 nitrogen and oxygen atoms in total. The number of hydrogen-bond donors (Lipinski definition) is 2. The second-order valence-corrected chi connectivity index (χ2v) is 4.44. The topological polar surface area (TPSA) is 43.7 Å². The number of hydrogen-bond acceptors (Lipinski definition) is 3. The average Bonchev–Trinajstić information content (AvgIpc) is 2.35. The SMILES string of the molecule is CCCCN(CC)Cc1ccc(F)cc1B(O)O. The van der Waals surface area contributed by atoms with Crippen LogP contribution >= 0.6 is 0 Å². The van der Waals surface area contributed by atoms with Crippen molar-refractivity contribution in [1.29, 1.82) is 0 Å². The highest BCUT2D eigenvalue weighted by Crippen LogP contribution is 2.06. The van der Waals surface area contributed by atoms with E-state index in [-0.39, 0.29) is 5.46 Å². The molecule has 1 aromatic carbocycles. The number of halogens is 1. The maximum Gasteiger partial charge on any atom is 0.488 e. The van der Waals surface area contributed by atoms with Crippen LogP contribution in [0.25, 0.3) is 0 Å². The van der Waals surface area contributed by atoms with Gasteiger partial charge in [0.1, 0.15) is 5.82 Å². The quantitative estimate of drug-likeness (QED) is 0.716. The molecule has 5 heteroatoms. The Labute approximate surface area is 108 Å². The second kappa shape index (κ2) is 7.51. The predicted molar refractivity (Wildman–Crippen MR) is 72.1 cm³/mol. The lowest BCUT2D eigenvalue weighted by atomic mass is 9.77. The lowest BCUT2D eigenvalue weighted by molar-refractivity contribution is 0.275. The summed E-state index contributed by atoms with van der Waals surface area (Å²) in [4.78, 5) is 2.21. The molecular weight excluding hydrogens is 232 g/mol. The van der Waals surface area contributed by atoms with E-state index in [1.54, 1.807) is 6.07 Å². The van der Waals surface area contributed by atoms with Crippen molar-refractivity contribution in [3.8, 4) is 0 Å². The van der Waals surface area contributed by atoms with Crippen LogP contribution in [0.5, 0.6) is 0 Å². The second-order valence-electron chi connectivity index (χ2n) is 4.44. The Balaban J connectivity index is 2.81. The van der Waals surface area contributed by atoms with Crippen molar-refractivity contribution in [2.24, 2.45) is 0 Å². The van der Waals surface area contributed by atoms with Gasteiger partial charge in [0.15, 0.2) is 0 Å². The zero-order valence-electron chi connectivity index (χ0n) is 11.1. The molecule has 18 heavy (non-hydrogen) atoms. The van der Waals surface area contributed by atoms with E-state index >= 15 is 0 Å². The third-order valence-corrected chi connectivity index (χ3v) is 3.06. The van der Waals surface area contributed by atoms with Crippen molar-refractivity contribution in [3.63, 3.8) is 0 Å². The Morgan fingerprint density at radius 2 is 2.00 bits per heavy atom. The monoisotopic (exact) mass is 253 g/mol. The van der Waals surface area contributed by atoms with Crippen LogP contribution in [0.15, 0.2) is 18.2 Å². The van der Waals surface area contributed by atoms with Crippen LogP contribution in [-0.4, -0.2) is 35.2 Å². The van der Waals surface area contributed by atoms with E-state index in [0.717, 1.165) is 31.5 Å². The zero-order valence-corrected chi connectivity index (χ0v) is 11.1. The van der Waals surface area contributed by atoms with Gasteiger partial charge in [0.2, 0.25) is 0 Å². The minimum atomic E-state index is -1.62. The Hall–Kier alpha value is -0.905. The van der Waals surface area contributed by atoms with E-state index in [2.05, 4.69) is 18.7 Å². The minimum absolute atomic E-state index is 0.255. The van der Waals surface area contributed by atoms with Gasteiger partial charge < -0.3 is 10.0 Å². The van der Waals surface area contributed by atoms with Gasteiger partial charge in [-0.3, -0.25) is 4.90 Å². The number of unbranched alkanes of at least 4 members (excludes halogenated alkanes) is 1. The summed E-state index contributed by atoms with van der Waals surface area (Å²) in [5, 5.41) is 18.5. The Bertz CT molecular complexity index is 374. The fraction of sp³-hybridized carbons (Fsp3) is 0.538. The Morgan fingerprint density at radius 1 is 1.28 bits per heavy atom.